The molecule has 0 spiro atoms. The van der Waals surface area contributed by atoms with E-state index in [1.165, 1.54) is 23.5 Å². The zero-order chi connectivity index (χ0) is 17.1. The number of rotatable bonds is 5. The lowest BCUT2D eigenvalue weighted by molar-refractivity contribution is 0.628. The van der Waals surface area contributed by atoms with Gasteiger partial charge >= 0.3 is 0 Å². The molecule has 1 N–H and O–H groups in total. The Morgan fingerprint density at radius 3 is 2.76 bits per heavy atom. The first-order chi connectivity index (χ1) is 12.3. The smallest absolute Gasteiger partial charge is 0.183 e. The summed E-state index contributed by atoms with van der Waals surface area (Å²) in [4.78, 5) is 8.96. The fourth-order valence-electron chi connectivity index (χ4n) is 2.45. The predicted octanol–water partition coefficient (Wildman–Crippen LogP) is 4.14. The number of aromatic nitrogens is 4. The number of thiazole rings is 1. The molecule has 5 nitrogen and oxygen atoms in total. The third-order valence-corrected chi connectivity index (χ3v) is 4.46. The minimum atomic E-state index is -0.250. The van der Waals surface area contributed by atoms with Gasteiger partial charge in [0, 0.05) is 41.6 Å². The summed E-state index contributed by atoms with van der Waals surface area (Å²) in [5.41, 5.74) is 2.74. The van der Waals surface area contributed by atoms with Gasteiger partial charge in [0.25, 0.3) is 0 Å². The molecule has 3 aromatic heterocycles. The highest BCUT2D eigenvalue weighted by Gasteiger charge is 2.08. The minimum Gasteiger partial charge on any atom is -0.357 e. The monoisotopic (exact) mass is 351 g/mol. The van der Waals surface area contributed by atoms with Gasteiger partial charge in [-0.3, -0.25) is 0 Å². The summed E-state index contributed by atoms with van der Waals surface area (Å²) in [5, 5.41) is 10.3. The topological polar surface area (TPSA) is 55.6 Å². The van der Waals surface area contributed by atoms with Crippen molar-refractivity contribution in [1.29, 1.82) is 0 Å². The normalized spacial score (nSPS) is 10.8. The van der Waals surface area contributed by atoms with Gasteiger partial charge in [0.2, 0.25) is 0 Å². The van der Waals surface area contributed by atoms with Crippen LogP contribution in [0, 0.1) is 5.82 Å². The van der Waals surface area contributed by atoms with Crippen molar-refractivity contribution in [2.24, 2.45) is 0 Å². The highest BCUT2D eigenvalue weighted by molar-refractivity contribution is 7.14. The fraction of sp³-hybridized carbons (Fsp3) is 0.0556. The third-order valence-electron chi connectivity index (χ3n) is 3.66. The largest absolute Gasteiger partial charge is 0.357 e. The number of pyridine rings is 1. The van der Waals surface area contributed by atoms with Crippen molar-refractivity contribution in [3.8, 4) is 17.1 Å². The molecule has 0 aliphatic heterocycles. The second-order valence-electron chi connectivity index (χ2n) is 5.34. The van der Waals surface area contributed by atoms with Crippen LogP contribution in [0.25, 0.3) is 17.1 Å². The molecule has 0 radical (unpaired) electrons. The lowest BCUT2D eigenvalue weighted by atomic mass is 10.2. The zero-order valence-corrected chi connectivity index (χ0v) is 13.9. The zero-order valence-electron chi connectivity index (χ0n) is 13.1. The van der Waals surface area contributed by atoms with Crippen LogP contribution in [0.4, 0.5) is 9.52 Å². The van der Waals surface area contributed by atoms with Crippen molar-refractivity contribution in [3.63, 3.8) is 0 Å². The van der Waals surface area contributed by atoms with Gasteiger partial charge in [-0.2, -0.15) is 5.10 Å². The molecule has 0 atom stereocenters. The molecule has 7 heteroatoms. The maximum atomic E-state index is 13.0. The summed E-state index contributed by atoms with van der Waals surface area (Å²) >= 11 is 1.51. The van der Waals surface area contributed by atoms with Crippen LogP contribution in [-0.4, -0.2) is 19.7 Å². The van der Waals surface area contributed by atoms with Gasteiger partial charge in [-0.15, -0.1) is 11.3 Å². The number of nitrogens with one attached hydrogen (secondary N) is 1. The molecule has 124 valence electrons. The molecule has 0 saturated carbocycles. The van der Waals surface area contributed by atoms with Gasteiger partial charge < -0.3 is 5.32 Å². The van der Waals surface area contributed by atoms with E-state index in [0.717, 1.165) is 27.8 Å². The van der Waals surface area contributed by atoms with E-state index in [9.17, 15) is 4.39 Å². The van der Waals surface area contributed by atoms with Gasteiger partial charge in [-0.05, 0) is 36.4 Å². The summed E-state index contributed by atoms with van der Waals surface area (Å²) in [7, 11) is 0. The molecular formula is C18H14FN5S. The van der Waals surface area contributed by atoms with Crippen LogP contribution in [0.1, 0.15) is 5.56 Å². The van der Waals surface area contributed by atoms with E-state index in [4.69, 9.17) is 0 Å². The summed E-state index contributed by atoms with van der Waals surface area (Å²) in [5.74, 6) is 0.537. The van der Waals surface area contributed by atoms with Crippen molar-refractivity contribution in [2.75, 3.05) is 5.32 Å². The van der Waals surface area contributed by atoms with Gasteiger partial charge in [0.15, 0.2) is 10.9 Å². The quantitative estimate of drug-likeness (QED) is 0.587. The van der Waals surface area contributed by atoms with Crippen LogP contribution < -0.4 is 5.32 Å². The average Bonchev–Trinajstić information content (AvgIpc) is 3.33. The molecule has 0 aliphatic rings. The van der Waals surface area contributed by atoms with Crippen molar-refractivity contribution < 1.29 is 4.39 Å². The Kier molecular flexibility index (Phi) is 4.22. The maximum Gasteiger partial charge on any atom is 0.183 e. The van der Waals surface area contributed by atoms with Gasteiger partial charge in [-0.25, -0.2) is 19.0 Å². The number of halogens is 1. The van der Waals surface area contributed by atoms with Gasteiger partial charge in [0.1, 0.15) is 5.82 Å². The van der Waals surface area contributed by atoms with E-state index in [0.29, 0.717) is 6.54 Å². The lowest BCUT2D eigenvalue weighted by Crippen LogP contribution is -2.07. The van der Waals surface area contributed by atoms with Crippen LogP contribution >= 0.6 is 11.3 Å². The second-order valence-corrected chi connectivity index (χ2v) is 6.19. The number of anilines is 1. The molecule has 0 fully saturated rings. The summed E-state index contributed by atoms with van der Waals surface area (Å²) in [6.07, 6.45) is 5.33. The van der Waals surface area contributed by atoms with Crippen molar-refractivity contribution in [3.05, 3.63) is 77.8 Å². The molecule has 25 heavy (non-hydrogen) atoms. The Hall–Kier alpha value is -3.06. The maximum absolute atomic E-state index is 13.0. The Bertz CT molecular complexity index is 963. The molecule has 0 saturated heterocycles. The van der Waals surface area contributed by atoms with Crippen molar-refractivity contribution in [2.45, 2.75) is 6.54 Å². The molecule has 0 amide bonds. The molecule has 3 heterocycles. The fourth-order valence-corrected chi connectivity index (χ4v) is 3.17. The highest BCUT2D eigenvalue weighted by Crippen LogP contribution is 2.25. The molecule has 0 bridgehead atoms. The van der Waals surface area contributed by atoms with Crippen molar-refractivity contribution in [1.82, 2.24) is 19.7 Å². The number of hydrogen-bond donors (Lipinski definition) is 1. The van der Waals surface area contributed by atoms with Crippen LogP contribution in [-0.2, 0) is 6.54 Å². The Morgan fingerprint density at radius 1 is 1.08 bits per heavy atom. The molecular weight excluding hydrogens is 337 g/mol. The Balaban J connectivity index is 1.50. The predicted molar refractivity (Wildman–Crippen MR) is 96.2 cm³/mol. The molecule has 4 rings (SSSR count). The first kappa shape index (κ1) is 15.5. The summed E-state index contributed by atoms with van der Waals surface area (Å²) in [6.45, 7) is 0.583. The SMILES string of the molecule is Fc1ccc(-c2csc(NCc3cccnc3-n3cccn3)n2)cc1. The summed E-state index contributed by atoms with van der Waals surface area (Å²) < 4.78 is 14.8. The highest BCUT2D eigenvalue weighted by atomic mass is 32.1. The standard InChI is InChI=1S/C18H14FN5S/c19-15-6-4-13(5-7-15)16-12-25-18(23-16)21-11-14-3-1-8-20-17(14)24-10-2-9-22-24/h1-10,12H,11H2,(H,21,23). The van der Waals surface area contributed by atoms with Crippen LogP contribution in [0.3, 0.4) is 0 Å². The van der Waals surface area contributed by atoms with Crippen LogP contribution in [0.15, 0.2) is 66.4 Å². The van der Waals surface area contributed by atoms with E-state index in [1.54, 1.807) is 29.2 Å². The minimum absolute atomic E-state index is 0.250. The van der Waals surface area contributed by atoms with Crippen LogP contribution in [0.2, 0.25) is 0 Å². The molecule has 1 aromatic carbocycles. The number of hydrogen-bond acceptors (Lipinski definition) is 5. The molecule has 4 aromatic rings. The first-order valence-corrected chi connectivity index (χ1v) is 8.57. The van der Waals surface area contributed by atoms with Crippen LogP contribution in [0.5, 0.6) is 0 Å². The number of nitrogens with zero attached hydrogens (tertiary/aromatic N) is 4. The summed E-state index contributed by atoms with van der Waals surface area (Å²) in [6, 6.07) is 12.1. The lowest BCUT2D eigenvalue weighted by Gasteiger charge is -2.08. The second kappa shape index (κ2) is 6.82. The van der Waals surface area contributed by atoms with E-state index < -0.39 is 0 Å². The van der Waals surface area contributed by atoms with Gasteiger partial charge in [0.05, 0.1) is 5.69 Å². The third kappa shape index (κ3) is 3.41. The Morgan fingerprint density at radius 2 is 1.96 bits per heavy atom. The molecule has 0 aliphatic carbocycles. The first-order valence-electron chi connectivity index (χ1n) is 7.69. The Labute approximate surface area is 147 Å². The average molecular weight is 351 g/mol. The van der Waals surface area contributed by atoms with E-state index in [2.05, 4.69) is 20.4 Å². The van der Waals surface area contributed by atoms with E-state index in [1.807, 2.05) is 29.8 Å². The van der Waals surface area contributed by atoms with E-state index in [-0.39, 0.29) is 5.82 Å². The van der Waals surface area contributed by atoms with Crippen molar-refractivity contribution >= 4 is 16.5 Å². The molecule has 0 unspecified atom stereocenters. The van der Waals surface area contributed by atoms with Gasteiger partial charge in [-0.1, -0.05) is 6.07 Å². The number of benzene rings is 1. The van der Waals surface area contributed by atoms with E-state index >= 15 is 0 Å².